The fraction of sp³-hybridized carbons (Fsp3) is 0.455. The zero-order valence-electron chi connectivity index (χ0n) is 8.13. The Bertz CT molecular complexity index is 333. The van der Waals surface area contributed by atoms with Gasteiger partial charge in [0.05, 0.1) is 6.04 Å². The highest BCUT2D eigenvalue weighted by Crippen LogP contribution is 2.35. The van der Waals surface area contributed by atoms with Crippen molar-refractivity contribution >= 4 is 0 Å². The molecule has 0 aliphatic carbocycles. The van der Waals surface area contributed by atoms with Gasteiger partial charge in [-0.3, -0.25) is 0 Å². The highest BCUT2D eigenvalue weighted by atomic mass is 16.5. The first-order valence-electron chi connectivity index (χ1n) is 4.74. The Morgan fingerprint density at radius 2 is 2.31 bits per heavy atom. The summed E-state index contributed by atoms with van der Waals surface area (Å²) in [5.74, 6) is 0.981. The Balaban J connectivity index is 2.60. The second-order valence-electron chi connectivity index (χ2n) is 3.54. The summed E-state index contributed by atoms with van der Waals surface area (Å²) in [7, 11) is 0. The lowest BCUT2D eigenvalue weighted by Gasteiger charge is -2.10. The van der Waals surface area contributed by atoms with Crippen molar-refractivity contribution in [2.75, 3.05) is 6.61 Å². The maximum absolute atomic E-state index is 5.97. The molecule has 0 fully saturated rings. The number of ether oxygens (including phenoxy) is 1. The highest BCUT2D eigenvalue weighted by molar-refractivity contribution is 5.48. The van der Waals surface area contributed by atoms with Gasteiger partial charge in [0.2, 0.25) is 0 Å². The molecule has 1 heterocycles. The lowest BCUT2D eigenvalue weighted by molar-refractivity contribution is 0.333. The number of nitrogens with two attached hydrogens (primary N) is 1. The fourth-order valence-electron chi connectivity index (χ4n) is 2.02. The molecule has 1 aromatic rings. The lowest BCUT2D eigenvalue weighted by atomic mass is 9.96. The summed E-state index contributed by atoms with van der Waals surface area (Å²) < 4.78 is 5.48. The van der Waals surface area contributed by atoms with E-state index in [1.54, 1.807) is 0 Å². The smallest absolute Gasteiger partial charge is 0.124 e. The minimum Gasteiger partial charge on any atom is -0.491 e. The van der Waals surface area contributed by atoms with Crippen LogP contribution in [0.3, 0.4) is 0 Å². The van der Waals surface area contributed by atoms with Crippen molar-refractivity contribution in [1.82, 2.24) is 0 Å². The van der Waals surface area contributed by atoms with Crippen molar-refractivity contribution in [3.05, 3.63) is 28.8 Å². The van der Waals surface area contributed by atoms with Gasteiger partial charge in [0.1, 0.15) is 12.4 Å². The molecule has 0 bridgehead atoms. The maximum atomic E-state index is 5.97. The molecule has 1 aliphatic heterocycles. The number of rotatable bonds is 1. The summed E-state index contributed by atoms with van der Waals surface area (Å²) in [4.78, 5) is 0. The molecule has 70 valence electrons. The summed E-state index contributed by atoms with van der Waals surface area (Å²) in [6.45, 7) is 4.92. The molecule has 0 aromatic heterocycles. The van der Waals surface area contributed by atoms with Gasteiger partial charge in [-0.1, -0.05) is 13.0 Å². The molecular weight excluding hydrogens is 162 g/mol. The van der Waals surface area contributed by atoms with Gasteiger partial charge < -0.3 is 10.5 Å². The van der Waals surface area contributed by atoms with E-state index in [2.05, 4.69) is 19.9 Å². The summed E-state index contributed by atoms with van der Waals surface area (Å²) in [6.07, 6.45) is 1.03. The van der Waals surface area contributed by atoms with E-state index in [4.69, 9.17) is 10.5 Å². The molecule has 1 atom stereocenters. The van der Waals surface area contributed by atoms with Crippen LogP contribution in [-0.2, 0) is 6.42 Å². The highest BCUT2D eigenvalue weighted by Gasteiger charge is 2.23. The number of aryl methyl sites for hydroxylation is 1. The van der Waals surface area contributed by atoms with Gasteiger partial charge in [-0.15, -0.1) is 0 Å². The van der Waals surface area contributed by atoms with E-state index < -0.39 is 0 Å². The third kappa shape index (κ3) is 1.22. The van der Waals surface area contributed by atoms with Gasteiger partial charge >= 0.3 is 0 Å². The van der Waals surface area contributed by atoms with Crippen LogP contribution in [0, 0.1) is 6.92 Å². The van der Waals surface area contributed by atoms with E-state index in [-0.39, 0.29) is 6.04 Å². The third-order valence-corrected chi connectivity index (χ3v) is 2.69. The predicted octanol–water partition coefficient (Wildman–Crippen LogP) is 1.95. The van der Waals surface area contributed by atoms with E-state index >= 15 is 0 Å². The van der Waals surface area contributed by atoms with Gasteiger partial charge in [0.25, 0.3) is 0 Å². The summed E-state index contributed by atoms with van der Waals surface area (Å²) >= 11 is 0. The first-order valence-corrected chi connectivity index (χ1v) is 4.74. The Kier molecular flexibility index (Phi) is 2.00. The fourth-order valence-corrected chi connectivity index (χ4v) is 2.02. The Morgan fingerprint density at radius 1 is 1.54 bits per heavy atom. The molecular formula is C11H15NO. The second kappa shape index (κ2) is 3.04. The maximum Gasteiger partial charge on any atom is 0.124 e. The zero-order chi connectivity index (χ0) is 9.42. The van der Waals surface area contributed by atoms with Crippen molar-refractivity contribution in [3.8, 4) is 5.75 Å². The average Bonchev–Trinajstić information content (AvgIpc) is 2.49. The largest absolute Gasteiger partial charge is 0.491 e. The molecule has 13 heavy (non-hydrogen) atoms. The van der Waals surface area contributed by atoms with Crippen molar-refractivity contribution in [1.29, 1.82) is 0 Å². The molecule has 1 unspecified atom stereocenters. The van der Waals surface area contributed by atoms with Crippen molar-refractivity contribution in [3.63, 3.8) is 0 Å². The molecule has 0 radical (unpaired) electrons. The van der Waals surface area contributed by atoms with Crippen molar-refractivity contribution < 1.29 is 4.74 Å². The number of hydrogen-bond acceptors (Lipinski definition) is 2. The summed E-state index contributed by atoms with van der Waals surface area (Å²) in [5.41, 5.74) is 9.88. The average molecular weight is 177 g/mol. The van der Waals surface area contributed by atoms with E-state index in [1.165, 1.54) is 16.7 Å². The van der Waals surface area contributed by atoms with Crippen LogP contribution in [-0.4, -0.2) is 6.61 Å². The molecule has 0 spiro atoms. The Morgan fingerprint density at radius 3 is 3.00 bits per heavy atom. The van der Waals surface area contributed by atoms with Crippen LogP contribution in [0.1, 0.15) is 29.7 Å². The van der Waals surface area contributed by atoms with Gasteiger partial charge in [0, 0.05) is 5.56 Å². The van der Waals surface area contributed by atoms with Crippen LogP contribution in [0.5, 0.6) is 5.75 Å². The van der Waals surface area contributed by atoms with Crippen LogP contribution in [0.4, 0.5) is 0 Å². The molecule has 2 nitrogen and oxygen atoms in total. The minimum absolute atomic E-state index is 0.0739. The molecule has 0 saturated heterocycles. The molecule has 0 amide bonds. The second-order valence-corrected chi connectivity index (χ2v) is 3.54. The minimum atomic E-state index is 0.0739. The monoisotopic (exact) mass is 177 g/mol. The normalized spacial score (nSPS) is 19.8. The van der Waals surface area contributed by atoms with Gasteiger partial charge in [-0.05, 0) is 30.5 Å². The third-order valence-electron chi connectivity index (χ3n) is 2.69. The number of fused-ring (bicyclic) bond motifs is 1. The van der Waals surface area contributed by atoms with Gasteiger partial charge in [-0.25, -0.2) is 0 Å². The molecule has 1 aromatic carbocycles. The zero-order valence-corrected chi connectivity index (χ0v) is 8.13. The molecule has 2 rings (SSSR count). The summed E-state index contributed by atoms with van der Waals surface area (Å²) in [6, 6.07) is 4.21. The summed E-state index contributed by atoms with van der Waals surface area (Å²) in [5, 5.41) is 0. The first kappa shape index (κ1) is 8.57. The SMILES string of the molecule is CCc1c(C)ccc2c1C(N)CO2. The predicted molar refractivity (Wildman–Crippen MR) is 53.0 cm³/mol. The van der Waals surface area contributed by atoms with Crippen LogP contribution in [0.25, 0.3) is 0 Å². The molecule has 2 N–H and O–H groups in total. The molecule has 2 heteroatoms. The van der Waals surface area contributed by atoms with Crippen LogP contribution < -0.4 is 10.5 Å². The number of hydrogen-bond donors (Lipinski definition) is 1. The van der Waals surface area contributed by atoms with E-state index in [0.29, 0.717) is 6.61 Å². The molecule has 0 saturated carbocycles. The standard InChI is InChI=1S/C11H15NO/c1-3-8-7(2)4-5-10-11(8)9(12)6-13-10/h4-5,9H,3,6,12H2,1-2H3. The van der Waals surface area contributed by atoms with Crippen LogP contribution in [0.2, 0.25) is 0 Å². The van der Waals surface area contributed by atoms with Crippen LogP contribution in [0.15, 0.2) is 12.1 Å². The molecule has 1 aliphatic rings. The van der Waals surface area contributed by atoms with E-state index in [1.807, 2.05) is 6.07 Å². The van der Waals surface area contributed by atoms with Gasteiger partial charge in [-0.2, -0.15) is 0 Å². The Hall–Kier alpha value is -1.02. The van der Waals surface area contributed by atoms with Gasteiger partial charge in [0.15, 0.2) is 0 Å². The van der Waals surface area contributed by atoms with Crippen molar-refractivity contribution in [2.45, 2.75) is 26.3 Å². The quantitative estimate of drug-likeness (QED) is 0.711. The first-order chi connectivity index (χ1) is 6.24. The lowest BCUT2D eigenvalue weighted by Crippen LogP contribution is -2.12. The van der Waals surface area contributed by atoms with E-state index in [0.717, 1.165) is 12.2 Å². The Labute approximate surface area is 78.7 Å². The topological polar surface area (TPSA) is 35.2 Å². The number of benzene rings is 1. The van der Waals surface area contributed by atoms with Crippen molar-refractivity contribution in [2.24, 2.45) is 5.73 Å². The van der Waals surface area contributed by atoms with E-state index in [9.17, 15) is 0 Å². The van der Waals surface area contributed by atoms with Crippen LogP contribution >= 0.6 is 0 Å².